The van der Waals surface area contributed by atoms with Crippen LogP contribution in [-0.4, -0.2) is 23.8 Å². The lowest BCUT2D eigenvalue weighted by Crippen LogP contribution is -2.14. The second kappa shape index (κ2) is 7.06. The van der Waals surface area contributed by atoms with Crippen molar-refractivity contribution in [2.75, 3.05) is 11.9 Å². The van der Waals surface area contributed by atoms with E-state index in [0.29, 0.717) is 10.6 Å². The summed E-state index contributed by atoms with van der Waals surface area (Å²) < 4.78 is 15.0. The molecule has 0 spiro atoms. The lowest BCUT2D eigenvalue weighted by molar-refractivity contribution is -0.132. The minimum Gasteiger partial charge on any atom is -0.502 e. The third-order valence-electron chi connectivity index (χ3n) is 2.66. The number of amides is 1. The van der Waals surface area contributed by atoms with Crippen LogP contribution in [-0.2, 0) is 9.53 Å². The number of halogens is 1. The molecular formula is C15H14ClNO6. The normalized spacial score (nSPS) is 10.2. The van der Waals surface area contributed by atoms with E-state index in [2.05, 4.69) is 5.32 Å². The molecule has 122 valence electrons. The molecule has 1 aromatic heterocycles. The van der Waals surface area contributed by atoms with Gasteiger partial charge in [0.25, 0.3) is 5.88 Å². The van der Waals surface area contributed by atoms with Crippen molar-refractivity contribution >= 4 is 29.5 Å². The van der Waals surface area contributed by atoms with Crippen LogP contribution in [0.1, 0.15) is 13.8 Å². The summed E-state index contributed by atoms with van der Waals surface area (Å²) in [5, 5.41) is 12.9. The van der Waals surface area contributed by atoms with Crippen LogP contribution in [0.4, 0.5) is 10.7 Å². The second-order valence-corrected chi connectivity index (χ2v) is 4.82. The van der Waals surface area contributed by atoms with E-state index in [1.165, 1.54) is 0 Å². The van der Waals surface area contributed by atoms with Gasteiger partial charge in [-0.3, -0.25) is 10.1 Å². The topological polar surface area (TPSA) is 98.0 Å². The summed E-state index contributed by atoms with van der Waals surface area (Å²) in [5.41, 5.74) is 0.445. The zero-order chi connectivity index (χ0) is 17.0. The second-order valence-electron chi connectivity index (χ2n) is 4.39. The van der Waals surface area contributed by atoms with E-state index in [1.807, 2.05) is 0 Å². The van der Waals surface area contributed by atoms with Crippen LogP contribution < -0.4 is 10.1 Å². The molecule has 0 bridgehead atoms. The van der Waals surface area contributed by atoms with Gasteiger partial charge in [-0.15, -0.1) is 0 Å². The maximum atomic E-state index is 11.5. The number of ether oxygens (including phenoxy) is 2. The molecule has 0 fully saturated rings. The molecule has 0 radical (unpaired) electrons. The Bertz CT molecular complexity index is 740. The van der Waals surface area contributed by atoms with Crippen LogP contribution in [0.2, 0.25) is 5.02 Å². The number of esters is 1. The van der Waals surface area contributed by atoms with Crippen LogP contribution in [0.15, 0.2) is 28.7 Å². The number of rotatable bonds is 4. The van der Waals surface area contributed by atoms with Gasteiger partial charge < -0.3 is 19.0 Å². The fourth-order valence-electron chi connectivity index (χ4n) is 1.81. The fourth-order valence-corrected chi connectivity index (χ4v) is 2.00. The van der Waals surface area contributed by atoms with Gasteiger partial charge >= 0.3 is 12.1 Å². The third-order valence-corrected chi connectivity index (χ3v) is 2.90. The minimum atomic E-state index is -0.813. The number of nitrogens with one attached hydrogen (secondary N) is 1. The summed E-state index contributed by atoms with van der Waals surface area (Å²) in [6.07, 6.45) is -0.813. The minimum absolute atomic E-state index is 0.00412. The summed E-state index contributed by atoms with van der Waals surface area (Å²) >= 11 is 5.91. The predicted molar refractivity (Wildman–Crippen MR) is 82.8 cm³/mol. The lowest BCUT2D eigenvalue weighted by atomic mass is 10.1. The molecule has 0 saturated carbocycles. The molecule has 8 heteroatoms. The van der Waals surface area contributed by atoms with Crippen LogP contribution in [0, 0.1) is 0 Å². The molecule has 0 saturated heterocycles. The molecule has 7 nitrogen and oxygen atoms in total. The molecule has 0 aliphatic heterocycles. The standard InChI is InChI=1S/C15H14ClNO6/c1-3-21-15(20)17-14-13(22-8(2)18)11(19)12(23-14)9-5-4-6-10(16)7-9/h4-7,19H,3H2,1-2H3,(H,17,20). The predicted octanol–water partition coefficient (Wildman–Crippen LogP) is 3.80. The van der Waals surface area contributed by atoms with Crippen LogP contribution in [0.25, 0.3) is 11.3 Å². The summed E-state index contributed by atoms with van der Waals surface area (Å²) in [5.74, 6) is -1.68. The SMILES string of the molecule is CCOC(=O)Nc1oc(-c2cccc(Cl)c2)c(O)c1OC(C)=O. The van der Waals surface area contributed by atoms with Crippen LogP contribution in [0.5, 0.6) is 11.5 Å². The highest BCUT2D eigenvalue weighted by atomic mass is 35.5. The fraction of sp³-hybridized carbons (Fsp3) is 0.200. The van der Waals surface area contributed by atoms with Crippen molar-refractivity contribution in [2.45, 2.75) is 13.8 Å². The summed E-state index contributed by atoms with van der Waals surface area (Å²) in [6.45, 7) is 2.92. The number of hydrogen-bond donors (Lipinski definition) is 2. The van der Waals surface area contributed by atoms with E-state index in [9.17, 15) is 14.7 Å². The first-order valence-electron chi connectivity index (χ1n) is 6.66. The first kappa shape index (κ1) is 16.7. The Kier molecular flexibility index (Phi) is 5.13. The monoisotopic (exact) mass is 339 g/mol. The van der Waals surface area contributed by atoms with Crippen molar-refractivity contribution in [1.29, 1.82) is 0 Å². The molecule has 23 heavy (non-hydrogen) atoms. The number of anilines is 1. The van der Waals surface area contributed by atoms with E-state index in [-0.39, 0.29) is 24.0 Å². The van der Waals surface area contributed by atoms with Crippen molar-refractivity contribution in [3.8, 4) is 22.8 Å². The summed E-state index contributed by atoms with van der Waals surface area (Å²) in [4.78, 5) is 22.7. The van der Waals surface area contributed by atoms with E-state index in [4.69, 9.17) is 25.5 Å². The molecule has 1 amide bonds. The number of carbonyl (C=O) groups is 2. The Morgan fingerprint density at radius 1 is 1.39 bits per heavy atom. The lowest BCUT2D eigenvalue weighted by Gasteiger charge is -2.04. The average molecular weight is 340 g/mol. The van der Waals surface area contributed by atoms with Gasteiger partial charge in [0, 0.05) is 17.5 Å². The van der Waals surface area contributed by atoms with Gasteiger partial charge in [0.2, 0.25) is 11.5 Å². The average Bonchev–Trinajstić information content (AvgIpc) is 2.76. The first-order chi connectivity index (χ1) is 10.9. The quantitative estimate of drug-likeness (QED) is 0.822. The van der Waals surface area contributed by atoms with Crippen LogP contribution >= 0.6 is 11.6 Å². The smallest absolute Gasteiger partial charge is 0.414 e. The highest BCUT2D eigenvalue weighted by Gasteiger charge is 2.26. The highest BCUT2D eigenvalue weighted by Crippen LogP contribution is 2.46. The third kappa shape index (κ3) is 3.95. The Labute approximate surface area is 136 Å². The van der Waals surface area contributed by atoms with Gasteiger partial charge in [-0.2, -0.15) is 0 Å². The zero-order valence-corrected chi connectivity index (χ0v) is 13.1. The van der Waals surface area contributed by atoms with E-state index < -0.39 is 17.8 Å². The number of aromatic hydroxyl groups is 1. The Morgan fingerprint density at radius 2 is 2.13 bits per heavy atom. The molecule has 2 rings (SSSR count). The number of hydrogen-bond acceptors (Lipinski definition) is 6. The number of furan rings is 1. The Morgan fingerprint density at radius 3 is 2.74 bits per heavy atom. The summed E-state index contributed by atoms with van der Waals surface area (Å²) in [6, 6.07) is 6.49. The van der Waals surface area contributed by atoms with E-state index >= 15 is 0 Å². The van der Waals surface area contributed by atoms with Gasteiger partial charge in [0.05, 0.1) is 6.61 Å². The molecule has 2 N–H and O–H groups in total. The molecule has 1 aromatic carbocycles. The van der Waals surface area contributed by atoms with Crippen molar-refractivity contribution in [3.63, 3.8) is 0 Å². The van der Waals surface area contributed by atoms with Gasteiger partial charge in [-0.1, -0.05) is 23.7 Å². The number of benzene rings is 1. The van der Waals surface area contributed by atoms with Gasteiger partial charge in [-0.05, 0) is 19.1 Å². The molecule has 0 unspecified atom stereocenters. The van der Waals surface area contributed by atoms with Gasteiger partial charge in [-0.25, -0.2) is 4.79 Å². The molecule has 0 aliphatic rings. The maximum Gasteiger partial charge on any atom is 0.414 e. The summed E-state index contributed by atoms with van der Waals surface area (Å²) in [7, 11) is 0. The van der Waals surface area contributed by atoms with Crippen molar-refractivity contribution in [2.24, 2.45) is 0 Å². The van der Waals surface area contributed by atoms with Crippen LogP contribution in [0.3, 0.4) is 0 Å². The van der Waals surface area contributed by atoms with Gasteiger partial charge in [0.1, 0.15) is 0 Å². The Balaban J connectivity index is 2.46. The van der Waals surface area contributed by atoms with Crippen molar-refractivity contribution in [1.82, 2.24) is 0 Å². The van der Waals surface area contributed by atoms with E-state index in [0.717, 1.165) is 6.92 Å². The first-order valence-corrected chi connectivity index (χ1v) is 7.04. The maximum absolute atomic E-state index is 11.5. The molecule has 2 aromatic rings. The van der Waals surface area contributed by atoms with E-state index in [1.54, 1.807) is 31.2 Å². The van der Waals surface area contributed by atoms with Gasteiger partial charge in [0.15, 0.2) is 5.76 Å². The molecule has 1 heterocycles. The van der Waals surface area contributed by atoms with Crippen molar-refractivity contribution in [3.05, 3.63) is 29.3 Å². The number of carbonyl (C=O) groups excluding carboxylic acids is 2. The largest absolute Gasteiger partial charge is 0.502 e. The zero-order valence-electron chi connectivity index (χ0n) is 12.4. The highest BCUT2D eigenvalue weighted by molar-refractivity contribution is 6.30. The molecule has 0 atom stereocenters. The molecular weight excluding hydrogens is 326 g/mol. The van der Waals surface area contributed by atoms with Crippen molar-refractivity contribution < 1.29 is 28.6 Å². The molecule has 0 aliphatic carbocycles. The Hall–Kier alpha value is -2.67.